The second-order valence-corrected chi connectivity index (χ2v) is 8.46. The predicted molar refractivity (Wildman–Crippen MR) is 126 cm³/mol. The van der Waals surface area contributed by atoms with Crippen molar-refractivity contribution in [3.8, 4) is 0 Å². The van der Waals surface area contributed by atoms with Crippen molar-refractivity contribution in [3.05, 3.63) is 70.9 Å². The number of hydrogen-bond donors (Lipinski definition) is 1. The molecule has 0 atom stereocenters. The summed E-state index contributed by atoms with van der Waals surface area (Å²) in [4.78, 5) is 14.6. The second kappa shape index (κ2) is 10.8. The maximum absolute atomic E-state index is 12.2. The molecule has 0 aliphatic carbocycles. The molecule has 2 heterocycles. The van der Waals surface area contributed by atoms with E-state index in [0.717, 1.165) is 62.8 Å². The number of hydrogen-bond acceptors (Lipinski definition) is 3. The molecule has 6 heteroatoms. The van der Waals surface area contributed by atoms with Crippen LogP contribution in [0.1, 0.15) is 24.0 Å². The van der Waals surface area contributed by atoms with Gasteiger partial charge in [-0.25, -0.2) is 0 Å². The summed E-state index contributed by atoms with van der Waals surface area (Å²) in [6.45, 7) is 5.82. The molecule has 1 N–H and O–H groups in total. The van der Waals surface area contributed by atoms with Crippen LogP contribution < -0.4 is 5.32 Å². The third-order valence-corrected chi connectivity index (χ3v) is 6.24. The van der Waals surface area contributed by atoms with E-state index in [-0.39, 0.29) is 5.91 Å². The van der Waals surface area contributed by atoms with Crippen LogP contribution in [0.3, 0.4) is 0 Å². The van der Waals surface area contributed by atoms with Gasteiger partial charge in [0.25, 0.3) is 0 Å². The number of nitrogens with one attached hydrogen (secondary N) is 1. The van der Waals surface area contributed by atoms with Gasteiger partial charge in [-0.05, 0) is 36.1 Å². The summed E-state index contributed by atoms with van der Waals surface area (Å²) in [5, 5.41) is 5.10. The summed E-state index contributed by atoms with van der Waals surface area (Å²) in [5.74, 6) is 0.132. The highest BCUT2D eigenvalue weighted by atomic mass is 35.5. The van der Waals surface area contributed by atoms with Crippen LogP contribution in [0.25, 0.3) is 10.9 Å². The molecule has 5 nitrogen and oxygen atoms in total. The number of para-hydroxylation sites is 1. The first-order valence-corrected chi connectivity index (χ1v) is 11.5. The molecule has 0 unspecified atom stereocenters. The van der Waals surface area contributed by atoms with Crippen LogP contribution in [0.15, 0.2) is 54.7 Å². The van der Waals surface area contributed by atoms with Crippen LogP contribution in [0.2, 0.25) is 5.02 Å². The number of benzene rings is 2. The molecular formula is C25H30ClN3O2. The number of rotatable bonds is 9. The normalized spacial score (nSPS) is 14.7. The average Bonchev–Trinajstić information content (AvgIpc) is 3.14. The molecule has 1 fully saturated rings. The minimum Gasteiger partial charge on any atom is -0.379 e. The smallest absolute Gasteiger partial charge is 0.220 e. The van der Waals surface area contributed by atoms with E-state index in [1.807, 2.05) is 18.2 Å². The molecule has 4 rings (SSSR count). The van der Waals surface area contributed by atoms with Gasteiger partial charge in [0.05, 0.1) is 13.2 Å². The van der Waals surface area contributed by atoms with Gasteiger partial charge in [-0.15, -0.1) is 0 Å². The Morgan fingerprint density at radius 2 is 1.81 bits per heavy atom. The number of halogens is 1. The minimum atomic E-state index is 0.132. The Labute approximate surface area is 188 Å². The molecule has 0 radical (unpaired) electrons. The first kappa shape index (κ1) is 21.9. The maximum atomic E-state index is 12.2. The van der Waals surface area contributed by atoms with Crippen LogP contribution in [0, 0.1) is 0 Å². The van der Waals surface area contributed by atoms with Crippen molar-refractivity contribution in [1.29, 1.82) is 0 Å². The Morgan fingerprint density at radius 1 is 1.03 bits per heavy atom. The predicted octanol–water partition coefficient (Wildman–Crippen LogP) is 4.11. The number of carbonyl (C=O) groups excluding carboxylic acids is 1. The molecule has 1 amide bonds. The zero-order chi connectivity index (χ0) is 21.5. The van der Waals surface area contributed by atoms with E-state index in [0.29, 0.717) is 13.0 Å². The SMILES string of the molecule is O=C(CCCc1cn(Cc2ccccc2Cl)c2ccccc12)NCCN1CCOCC1. The summed E-state index contributed by atoms with van der Waals surface area (Å²) in [6, 6.07) is 16.4. The molecule has 0 spiro atoms. The van der Waals surface area contributed by atoms with Crippen LogP contribution in [-0.4, -0.2) is 54.8 Å². The summed E-state index contributed by atoms with van der Waals surface area (Å²) in [5.41, 5.74) is 3.59. The highest BCUT2D eigenvalue weighted by Gasteiger charge is 2.12. The Morgan fingerprint density at radius 3 is 2.65 bits per heavy atom. The van der Waals surface area contributed by atoms with Crippen LogP contribution in [0.4, 0.5) is 0 Å². The van der Waals surface area contributed by atoms with Crippen molar-refractivity contribution >= 4 is 28.4 Å². The van der Waals surface area contributed by atoms with Crippen LogP contribution >= 0.6 is 11.6 Å². The number of aryl methyl sites for hydroxylation is 1. The van der Waals surface area contributed by atoms with Crippen molar-refractivity contribution in [1.82, 2.24) is 14.8 Å². The lowest BCUT2D eigenvalue weighted by molar-refractivity contribution is -0.121. The van der Waals surface area contributed by atoms with E-state index < -0.39 is 0 Å². The number of aromatic nitrogens is 1. The van der Waals surface area contributed by atoms with Crippen molar-refractivity contribution in [2.75, 3.05) is 39.4 Å². The lowest BCUT2D eigenvalue weighted by Gasteiger charge is -2.26. The Bertz CT molecular complexity index is 1010. The zero-order valence-electron chi connectivity index (χ0n) is 17.9. The zero-order valence-corrected chi connectivity index (χ0v) is 18.6. The van der Waals surface area contributed by atoms with Gasteiger partial charge in [-0.1, -0.05) is 48.0 Å². The minimum absolute atomic E-state index is 0.132. The van der Waals surface area contributed by atoms with E-state index in [2.05, 4.69) is 51.3 Å². The van der Waals surface area contributed by atoms with E-state index in [1.165, 1.54) is 16.5 Å². The van der Waals surface area contributed by atoms with Gasteiger partial charge in [-0.2, -0.15) is 0 Å². The number of morpholine rings is 1. The largest absolute Gasteiger partial charge is 0.379 e. The summed E-state index contributed by atoms with van der Waals surface area (Å²) < 4.78 is 7.61. The molecule has 164 valence electrons. The highest BCUT2D eigenvalue weighted by molar-refractivity contribution is 6.31. The van der Waals surface area contributed by atoms with E-state index in [4.69, 9.17) is 16.3 Å². The summed E-state index contributed by atoms with van der Waals surface area (Å²) >= 11 is 6.37. The van der Waals surface area contributed by atoms with E-state index in [1.54, 1.807) is 0 Å². The standard InChI is InChI=1S/C25H30ClN3O2/c26-23-9-3-1-6-21(23)19-29-18-20(22-8-2-4-10-24(22)29)7-5-11-25(30)27-12-13-28-14-16-31-17-15-28/h1-4,6,8-10,18H,5,7,11-17,19H2,(H,27,30). The second-order valence-electron chi connectivity index (χ2n) is 8.05. The monoisotopic (exact) mass is 439 g/mol. The lowest BCUT2D eigenvalue weighted by atomic mass is 10.1. The molecule has 0 bridgehead atoms. The fourth-order valence-corrected chi connectivity index (χ4v) is 4.36. The third-order valence-electron chi connectivity index (χ3n) is 5.87. The summed E-state index contributed by atoms with van der Waals surface area (Å²) in [6.07, 6.45) is 4.48. The number of carbonyl (C=O) groups is 1. The van der Waals surface area contributed by atoms with Crippen LogP contribution in [0.5, 0.6) is 0 Å². The Balaban J connectivity index is 1.31. The van der Waals surface area contributed by atoms with Crippen molar-refractivity contribution in [3.63, 3.8) is 0 Å². The average molecular weight is 440 g/mol. The van der Waals surface area contributed by atoms with E-state index >= 15 is 0 Å². The molecule has 1 aromatic heterocycles. The van der Waals surface area contributed by atoms with Gasteiger partial charge in [0.2, 0.25) is 5.91 Å². The number of ether oxygens (including phenoxy) is 1. The number of amides is 1. The number of fused-ring (bicyclic) bond motifs is 1. The van der Waals surface area contributed by atoms with Gasteiger partial charge < -0.3 is 14.6 Å². The fourth-order valence-electron chi connectivity index (χ4n) is 4.17. The quantitative estimate of drug-likeness (QED) is 0.545. The van der Waals surface area contributed by atoms with E-state index in [9.17, 15) is 4.79 Å². The molecule has 0 saturated carbocycles. The highest BCUT2D eigenvalue weighted by Crippen LogP contribution is 2.25. The molecular weight excluding hydrogens is 410 g/mol. The van der Waals surface area contributed by atoms with Gasteiger partial charge in [0.1, 0.15) is 0 Å². The van der Waals surface area contributed by atoms with Gasteiger partial charge >= 0.3 is 0 Å². The molecule has 1 saturated heterocycles. The molecule has 1 aliphatic heterocycles. The van der Waals surface area contributed by atoms with Gasteiger partial charge in [0, 0.05) is 61.3 Å². The fraction of sp³-hybridized carbons (Fsp3) is 0.400. The molecule has 2 aromatic carbocycles. The lowest BCUT2D eigenvalue weighted by Crippen LogP contribution is -2.41. The molecule has 31 heavy (non-hydrogen) atoms. The summed E-state index contributed by atoms with van der Waals surface area (Å²) in [7, 11) is 0. The van der Waals surface area contributed by atoms with Crippen molar-refractivity contribution < 1.29 is 9.53 Å². The number of nitrogens with zero attached hydrogens (tertiary/aromatic N) is 2. The Kier molecular flexibility index (Phi) is 7.62. The Hall–Kier alpha value is -2.34. The van der Waals surface area contributed by atoms with Gasteiger partial charge in [-0.3, -0.25) is 9.69 Å². The third kappa shape index (κ3) is 5.88. The maximum Gasteiger partial charge on any atom is 0.220 e. The van der Waals surface area contributed by atoms with Crippen molar-refractivity contribution in [2.24, 2.45) is 0 Å². The molecule has 3 aromatic rings. The first-order chi connectivity index (χ1) is 15.2. The van der Waals surface area contributed by atoms with Crippen LogP contribution in [-0.2, 0) is 22.5 Å². The topological polar surface area (TPSA) is 46.5 Å². The first-order valence-electron chi connectivity index (χ1n) is 11.1. The van der Waals surface area contributed by atoms with Crippen molar-refractivity contribution in [2.45, 2.75) is 25.8 Å². The molecule has 1 aliphatic rings. The van der Waals surface area contributed by atoms with Gasteiger partial charge in [0.15, 0.2) is 0 Å².